The second-order valence-electron chi connectivity index (χ2n) is 8.44. The molecule has 1 atom stereocenters. The van der Waals surface area contributed by atoms with E-state index in [1.165, 1.54) is 35.0 Å². The molecular weight excluding hydrogens is 438 g/mol. The zero-order chi connectivity index (χ0) is 23.4. The average molecular weight is 466 g/mol. The van der Waals surface area contributed by atoms with Crippen molar-refractivity contribution in [3.8, 4) is 5.69 Å². The maximum absolute atomic E-state index is 12.7. The van der Waals surface area contributed by atoms with Gasteiger partial charge in [0.25, 0.3) is 5.69 Å². The summed E-state index contributed by atoms with van der Waals surface area (Å²) >= 11 is 1.54. The number of aromatic nitrogens is 3. The summed E-state index contributed by atoms with van der Waals surface area (Å²) in [5.74, 6) is 1.41. The van der Waals surface area contributed by atoms with Gasteiger partial charge in [0.15, 0.2) is 11.0 Å². The lowest BCUT2D eigenvalue weighted by Crippen LogP contribution is -2.33. The molecule has 1 saturated carbocycles. The van der Waals surface area contributed by atoms with E-state index in [0.717, 1.165) is 25.7 Å². The molecule has 0 radical (unpaired) electrons. The topological polar surface area (TPSA) is 103 Å². The molecule has 0 saturated heterocycles. The van der Waals surface area contributed by atoms with Gasteiger partial charge in [-0.1, -0.05) is 54.4 Å². The first-order valence-electron chi connectivity index (χ1n) is 11.1. The second kappa shape index (κ2) is 10.2. The molecule has 3 aromatic rings. The van der Waals surface area contributed by atoms with Gasteiger partial charge in [-0.2, -0.15) is 0 Å². The Kier molecular flexibility index (Phi) is 7.08. The number of hydrogen-bond donors (Lipinski definition) is 1. The summed E-state index contributed by atoms with van der Waals surface area (Å²) in [6.07, 6.45) is 4.02. The third-order valence-electron chi connectivity index (χ3n) is 5.90. The Labute approximate surface area is 197 Å². The molecule has 0 bridgehead atoms. The van der Waals surface area contributed by atoms with Crippen LogP contribution in [0.1, 0.15) is 55.6 Å². The van der Waals surface area contributed by atoms with Crippen LogP contribution in [0.3, 0.4) is 0 Å². The van der Waals surface area contributed by atoms with E-state index < -0.39 is 4.92 Å². The van der Waals surface area contributed by atoms with Gasteiger partial charge in [0.05, 0.1) is 11.0 Å². The van der Waals surface area contributed by atoms with Crippen LogP contribution in [0.2, 0.25) is 0 Å². The summed E-state index contributed by atoms with van der Waals surface area (Å²) in [4.78, 5) is 23.4. The van der Waals surface area contributed by atoms with Crippen molar-refractivity contribution in [3.63, 3.8) is 0 Å². The molecule has 0 spiro atoms. The standard InChI is InChI=1S/C24H27N5O3S/c1-16-6-5-7-18(14-16)15-33-24-27-26-22(17(2)25-23(30)19-8-3-4-9-19)28(24)20-10-12-21(13-11-20)29(31)32/h5-7,10-14,17,19H,3-4,8-9,15H2,1-2H3,(H,25,30). The van der Waals surface area contributed by atoms with Gasteiger partial charge < -0.3 is 5.32 Å². The summed E-state index contributed by atoms with van der Waals surface area (Å²) in [5, 5.41) is 23.7. The number of rotatable bonds is 8. The van der Waals surface area contributed by atoms with Gasteiger partial charge >= 0.3 is 0 Å². The average Bonchev–Trinajstić information content (AvgIpc) is 3.48. The molecule has 1 N–H and O–H groups in total. The number of nitro benzene ring substituents is 1. The number of thioether (sulfide) groups is 1. The Morgan fingerprint density at radius 2 is 1.94 bits per heavy atom. The smallest absolute Gasteiger partial charge is 0.269 e. The fourth-order valence-corrected chi connectivity index (χ4v) is 5.06. The van der Waals surface area contributed by atoms with Gasteiger partial charge in [-0.05, 0) is 44.4 Å². The van der Waals surface area contributed by atoms with Crippen molar-refractivity contribution >= 4 is 23.4 Å². The summed E-state index contributed by atoms with van der Waals surface area (Å²) in [6.45, 7) is 3.95. The zero-order valence-electron chi connectivity index (χ0n) is 18.7. The number of benzene rings is 2. The molecule has 8 nitrogen and oxygen atoms in total. The normalized spacial score (nSPS) is 14.8. The fraction of sp³-hybridized carbons (Fsp3) is 0.375. The van der Waals surface area contributed by atoms with Crippen LogP contribution in [0, 0.1) is 23.0 Å². The first-order chi connectivity index (χ1) is 15.9. The highest BCUT2D eigenvalue weighted by atomic mass is 32.2. The molecule has 1 aliphatic rings. The highest BCUT2D eigenvalue weighted by molar-refractivity contribution is 7.98. The van der Waals surface area contributed by atoms with Gasteiger partial charge in [0, 0.05) is 29.5 Å². The number of amides is 1. The van der Waals surface area contributed by atoms with Crippen LogP contribution in [0.5, 0.6) is 0 Å². The first-order valence-corrected chi connectivity index (χ1v) is 12.1. The van der Waals surface area contributed by atoms with E-state index in [0.29, 0.717) is 22.4 Å². The molecule has 1 heterocycles. The Bertz CT molecular complexity index is 1140. The molecule has 4 rings (SSSR count). The lowest BCUT2D eigenvalue weighted by molar-refractivity contribution is -0.384. The van der Waals surface area contributed by atoms with Crippen LogP contribution in [0.15, 0.2) is 53.7 Å². The lowest BCUT2D eigenvalue weighted by Gasteiger charge is -2.18. The molecule has 1 amide bonds. The van der Waals surface area contributed by atoms with Crippen molar-refractivity contribution < 1.29 is 9.72 Å². The van der Waals surface area contributed by atoms with Crippen molar-refractivity contribution in [2.45, 2.75) is 56.5 Å². The number of hydrogen-bond acceptors (Lipinski definition) is 6. The van der Waals surface area contributed by atoms with Gasteiger partial charge in [0.2, 0.25) is 5.91 Å². The Morgan fingerprint density at radius 1 is 1.21 bits per heavy atom. The summed E-state index contributed by atoms with van der Waals surface area (Å²) < 4.78 is 1.88. The molecule has 2 aromatic carbocycles. The van der Waals surface area contributed by atoms with Crippen molar-refractivity contribution in [2.24, 2.45) is 5.92 Å². The molecule has 1 fully saturated rings. The lowest BCUT2D eigenvalue weighted by atomic mass is 10.1. The molecule has 9 heteroatoms. The SMILES string of the molecule is Cc1cccc(CSc2nnc(C(C)NC(=O)C3CCCC3)n2-c2ccc([N+](=O)[O-])cc2)c1. The minimum absolute atomic E-state index is 0.0184. The molecule has 1 aliphatic carbocycles. The minimum atomic E-state index is -0.422. The fourth-order valence-electron chi connectivity index (χ4n) is 4.15. The van der Waals surface area contributed by atoms with Crippen LogP contribution in [-0.4, -0.2) is 25.6 Å². The molecule has 172 valence electrons. The molecule has 1 unspecified atom stereocenters. The highest BCUT2D eigenvalue weighted by Crippen LogP contribution is 2.30. The van der Waals surface area contributed by atoms with E-state index in [9.17, 15) is 14.9 Å². The van der Waals surface area contributed by atoms with Gasteiger partial charge in [-0.3, -0.25) is 19.5 Å². The molecule has 33 heavy (non-hydrogen) atoms. The number of nitrogens with one attached hydrogen (secondary N) is 1. The molecule has 0 aliphatic heterocycles. The maximum atomic E-state index is 12.7. The quantitative estimate of drug-likeness (QED) is 0.281. The van der Waals surface area contributed by atoms with Crippen LogP contribution in [0.25, 0.3) is 5.69 Å². The van der Waals surface area contributed by atoms with Crippen LogP contribution >= 0.6 is 11.8 Å². The maximum Gasteiger partial charge on any atom is 0.269 e. The van der Waals surface area contributed by atoms with E-state index in [1.54, 1.807) is 12.1 Å². The number of aryl methyl sites for hydroxylation is 1. The molecule has 1 aromatic heterocycles. The summed E-state index contributed by atoms with van der Waals surface area (Å²) in [7, 11) is 0. The number of non-ortho nitro benzene ring substituents is 1. The van der Waals surface area contributed by atoms with Crippen molar-refractivity contribution in [1.29, 1.82) is 0 Å². The van der Waals surface area contributed by atoms with Gasteiger partial charge in [-0.25, -0.2) is 0 Å². The van der Waals surface area contributed by atoms with Crippen LogP contribution in [0.4, 0.5) is 5.69 Å². The molecular formula is C24H27N5O3S. The van der Waals surface area contributed by atoms with Gasteiger partial charge in [0.1, 0.15) is 0 Å². The predicted molar refractivity (Wildman–Crippen MR) is 127 cm³/mol. The van der Waals surface area contributed by atoms with Crippen molar-refractivity contribution in [2.75, 3.05) is 0 Å². The number of carbonyl (C=O) groups excluding carboxylic acids is 1. The van der Waals surface area contributed by atoms with Crippen molar-refractivity contribution in [3.05, 3.63) is 75.6 Å². The van der Waals surface area contributed by atoms with E-state index in [1.807, 2.05) is 17.6 Å². The van der Waals surface area contributed by atoms with Crippen LogP contribution in [-0.2, 0) is 10.5 Å². The highest BCUT2D eigenvalue weighted by Gasteiger charge is 2.27. The first kappa shape index (κ1) is 23.0. The Morgan fingerprint density at radius 3 is 2.61 bits per heavy atom. The number of nitrogens with zero attached hydrogens (tertiary/aromatic N) is 4. The van der Waals surface area contributed by atoms with E-state index in [2.05, 4.69) is 40.6 Å². The Balaban J connectivity index is 1.62. The van der Waals surface area contributed by atoms with E-state index in [4.69, 9.17) is 0 Å². The zero-order valence-corrected chi connectivity index (χ0v) is 19.5. The van der Waals surface area contributed by atoms with E-state index in [-0.39, 0.29) is 23.6 Å². The van der Waals surface area contributed by atoms with E-state index >= 15 is 0 Å². The monoisotopic (exact) mass is 465 g/mol. The second-order valence-corrected chi connectivity index (χ2v) is 9.38. The Hall–Kier alpha value is -3.20. The third-order valence-corrected chi connectivity index (χ3v) is 6.90. The van der Waals surface area contributed by atoms with Crippen LogP contribution < -0.4 is 5.32 Å². The van der Waals surface area contributed by atoms with Gasteiger partial charge in [-0.15, -0.1) is 10.2 Å². The number of carbonyl (C=O) groups is 1. The van der Waals surface area contributed by atoms with Crippen molar-refractivity contribution in [1.82, 2.24) is 20.1 Å². The number of nitro groups is 1. The summed E-state index contributed by atoms with van der Waals surface area (Å²) in [6, 6.07) is 14.2. The minimum Gasteiger partial charge on any atom is -0.346 e. The third kappa shape index (κ3) is 5.42. The summed E-state index contributed by atoms with van der Waals surface area (Å²) in [5.41, 5.74) is 3.09. The predicted octanol–water partition coefficient (Wildman–Crippen LogP) is 5.14. The largest absolute Gasteiger partial charge is 0.346 e.